The first-order valence-electron chi connectivity index (χ1n) is 19.7. The minimum absolute atomic E-state index is 0.00566. The Kier molecular flexibility index (Phi) is 8.64. The van der Waals surface area contributed by atoms with E-state index in [0.717, 1.165) is 19.3 Å². The van der Waals surface area contributed by atoms with Crippen molar-refractivity contribution < 1.29 is 14.3 Å². The van der Waals surface area contributed by atoms with E-state index in [2.05, 4.69) is 65.3 Å². The molecule has 268 valence electrons. The van der Waals surface area contributed by atoms with Crippen molar-refractivity contribution in [3.8, 4) is 5.88 Å². The van der Waals surface area contributed by atoms with E-state index in [9.17, 15) is 4.79 Å². The Hall–Kier alpha value is -2.40. The number of esters is 1. The fourth-order valence-electron chi connectivity index (χ4n) is 13.8. The summed E-state index contributed by atoms with van der Waals surface area (Å²) in [4.78, 5) is 17.8. The van der Waals surface area contributed by atoms with Crippen LogP contribution in [0.2, 0.25) is 0 Å². The monoisotopic (exact) mass is 668 g/mol. The number of fused-ring (bicyclic) bond motifs is 7. The molecular formula is C44H64N2O3. The number of hydrogen-bond donors (Lipinski definition) is 1. The van der Waals surface area contributed by atoms with Crippen LogP contribution in [0.5, 0.6) is 5.88 Å². The normalized spacial score (nSPS) is 43.9. The Labute approximate surface area is 297 Å². The summed E-state index contributed by atoms with van der Waals surface area (Å²) in [5, 5.41) is 0. The second-order valence-corrected chi connectivity index (χ2v) is 18.9. The molecular weight excluding hydrogens is 604 g/mol. The Morgan fingerprint density at radius 2 is 1.73 bits per heavy atom. The summed E-state index contributed by atoms with van der Waals surface area (Å²) in [6.45, 7) is 22.5. The molecule has 10 atom stereocenters. The molecule has 0 spiro atoms. The Bertz CT molecular complexity index is 1530. The summed E-state index contributed by atoms with van der Waals surface area (Å²) in [5.41, 5.74) is 12.0. The van der Waals surface area contributed by atoms with E-state index in [4.69, 9.17) is 15.2 Å². The number of allylic oxidation sites excluding steroid dienone is 5. The first-order valence-corrected chi connectivity index (χ1v) is 19.7. The molecule has 0 aromatic carbocycles. The summed E-state index contributed by atoms with van der Waals surface area (Å²) < 4.78 is 11.7. The second kappa shape index (κ2) is 12.1. The second-order valence-electron chi connectivity index (χ2n) is 18.9. The third kappa shape index (κ3) is 5.16. The van der Waals surface area contributed by atoms with Crippen molar-refractivity contribution in [2.24, 2.45) is 62.4 Å². The number of ether oxygens (including phenoxy) is 2. The molecule has 4 fully saturated rings. The van der Waals surface area contributed by atoms with Gasteiger partial charge in [0, 0.05) is 17.8 Å². The highest BCUT2D eigenvalue weighted by Crippen LogP contribution is 2.76. The lowest BCUT2D eigenvalue weighted by atomic mass is 9.33. The number of hydrogen-bond acceptors (Lipinski definition) is 5. The third-order valence-electron chi connectivity index (χ3n) is 16.5. The van der Waals surface area contributed by atoms with Crippen LogP contribution in [-0.4, -0.2) is 29.7 Å². The van der Waals surface area contributed by atoms with Gasteiger partial charge in [-0.25, -0.2) is 4.98 Å². The van der Waals surface area contributed by atoms with Crippen molar-refractivity contribution in [2.45, 2.75) is 131 Å². The molecule has 2 N–H and O–H groups in total. The number of carbonyl (C=O) groups excluding carboxylic acids is 1. The minimum atomic E-state index is -0.685. The van der Waals surface area contributed by atoms with E-state index >= 15 is 0 Å². The molecule has 0 bridgehead atoms. The molecule has 1 aromatic heterocycles. The molecule has 0 aliphatic heterocycles. The van der Waals surface area contributed by atoms with Gasteiger partial charge < -0.3 is 15.2 Å². The fraction of sp³-hybridized carbons (Fsp3) is 0.727. The van der Waals surface area contributed by atoms with Gasteiger partial charge in [0.1, 0.15) is 12.0 Å². The molecule has 0 radical (unpaired) electrons. The Morgan fingerprint density at radius 3 is 2.41 bits per heavy atom. The lowest BCUT2D eigenvalue weighted by Gasteiger charge is -2.72. The van der Waals surface area contributed by atoms with E-state index in [1.54, 1.807) is 6.20 Å². The van der Waals surface area contributed by atoms with Gasteiger partial charge in [-0.1, -0.05) is 65.0 Å². The van der Waals surface area contributed by atoms with Crippen LogP contribution in [0.4, 0.5) is 0 Å². The largest absolute Gasteiger partial charge is 0.476 e. The molecule has 0 saturated heterocycles. The summed E-state index contributed by atoms with van der Waals surface area (Å²) in [6, 6.07) is 5.64. The van der Waals surface area contributed by atoms with Crippen molar-refractivity contribution in [1.29, 1.82) is 0 Å². The van der Waals surface area contributed by atoms with Gasteiger partial charge in [0.25, 0.3) is 0 Å². The maximum atomic E-state index is 13.4. The van der Waals surface area contributed by atoms with Crippen molar-refractivity contribution >= 4 is 5.97 Å². The molecule has 5 nitrogen and oxygen atoms in total. The number of aromatic nitrogens is 1. The zero-order valence-electron chi connectivity index (χ0n) is 31.7. The zero-order valence-corrected chi connectivity index (χ0v) is 31.7. The zero-order chi connectivity index (χ0) is 35.0. The minimum Gasteiger partial charge on any atom is -0.476 e. The van der Waals surface area contributed by atoms with Crippen LogP contribution in [0.1, 0.15) is 126 Å². The van der Waals surface area contributed by atoms with Gasteiger partial charge in [-0.2, -0.15) is 0 Å². The van der Waals surface area contributed by atoms with Crippen LogP contribution in [0, 0.1) is 56.7 Å². The van der Waals surface area contributed by atoms with E-state index in [1.165, 1.54) is 68.1 Å². The van der Waals surface area contributed by atoms with Gasteiger partial charge >= 0.3 is 5.97 Å². The number of carbonyl (C=O) groups is 1. The molecule has 6 aliphatic rings. The van der Waals surface area contributed by atoms with E-state index in [-0.39, 0.29) is 28.9 Å². The number of nitrogens with two attached hydrogens (primary N) is 1. The Morgan fingerprint density at radius 1 is 0.939 bits per heavy atom. The van der Waals surface area contributed by atoms with Crippen LogP contribution in [0.15, 0.2) is 59.8 Å². The fourth-order valence-corrected chi connectivity index (χ4v) is 13.8. The quantitative estimate of drug-likeness (QED) is 0.231. The predicted octanol–water partition coefficient (Wildman–Crippen LogP) is 10.0. The molecule has 5 heteroatoms. The molecule has 1 unspecified atom stereocenters. The molecule has 0 amide bonds. The summed E-state index contributed by atoms with van der Waals surface area (Å²) >= 11 is 0. The predicted molar refractivity (Wildman–Crippen MR) is 198 cm³/mol. The van der Waals surface area contributed by atoms with Crippen molar-refractivity contribution in [3.05, 3.63) is 59.8 Å². The van der Waals surface area contributed by atoms with Crippen molar-refractivity contribution in [3.63, 3.8) is 0 Å². The van der Waals surface area contributed by atoms with Crippen LogP contribution >= 0.6 is 0 Å². The van der Waals surface area contributed by atoms with Crippen LogP contribution in [0.3, 0.4) is 0 Å². The SMILES string of the molecule is C=C(C)[C@@H]1CC[C@]2(N)CC[C@]3(C)[C@H](CC[C@@H]4[C@@]5(C)CC=C(C6=CCC(COc7ccccn7)(C(=O)OCC)CC6)C(C)(C)[C@@H]5CC[C@]43C)[C@@H]12. The van der Waals surface area contributed by atoms with Crippen LogP contribution < -0.4 is 10.5 Å². The first-order chi connectivity index (χ1) is 23.2. The van der Waals surface area contributed by atoms with Gasteiger partial charge in [0.15, 0.2) is 0 Å². The van der Waals surface area contributed by atoms with Crippen LogP contribution in [0.25, 0.3) is 0 Å². The van der Waals surface area contributed by atoms with Gasteiger partial charge in [-0.3, -0.25) is 4.79 Å². The highest BCUT2D eigenvalue weighted by Gasteiger charge is 2.70. The maximum Gasteiger partial charge on any atom is 0.315 e. The highest BCUT2D eigenvalue weighted by molar-refractivity contribution is 5.78. The molecule has 49 heavy (non-hydrogen) atoms. The van der Waals surface area contributed by atoms with Gasteiger partial charge in [-0.05, 0) is 159 Å². The lowest BCUT2D eigenvalue weighted by Crippen LogP contribution is -2.67. The first kappa shape index (κ1) is 35.0. The van der Waals surface area contributed by atoms with E-state index in [1.807, 2.05) is 25.1 Å². The van der Waals surface area contributed by atoms with Gasteiger partial charge in [0.05, 0.1) is 6.61 Å². The summed E-state index contributed by atoms with van der Waals surface area (Å²) in [7, 11) is 0. The molecule has 4 saturated carbocycles. The third-order valence-corrected chi connectivity index (χ3v) is 16.5. The topological polar surface area (TPSA) is 74.4 Å². The lowest BCUT2D eigenvalue weighted by molar-refractivity contribution is -0.219. The van der Waals surface area contributed by atoms with Crippen LogP contribution in [-0.2, 0) is 9.53 Å². The van der Waals surface area contributed by atoms with Gasteiger partial charge in [-0.15, -0.1) is 0 Å². The smallest absolute Gasteiger partial charge is 0.315 e. The van der Waals surface area contributed by atoms with Crippen molar-refractivity contribution in [1.82, 2.24) is 4.98 Å². The van der Waals surface area contributed by atoms with E-state index in [0.29, 0.717) is 59.3 Å². The summed E-state index contributed by atoms with van der Waals surface area (Å²) in [6.07, 6.45) is 20.3. The average Bonchev–Trinajstić information content (AvgIpc) is 3.43. The summed E-state index contributed by atoms with van der Waals surface area (Å²) in [5.74, 6) is 3.64. The number of nitrogens with zero attached hydrogens (tertiary/aromatic N) is 1. The molecule has 7 rings (SSSR count). The Balaban J connectivity index is 1.15. The number of pyridine rings is 1. The molecule has 1 aromatic rings. The van der Waals surface area contributed by atoms with Gasteiger partial charge in [0.2, 0.25) is 5.88 Å². The maximum absolute atomic E-state index is 13.4. The number of rotatable bonds is 7. The standard InChI is InChI=1S/C44H64N2O3/c1-9-48-38(47)43(28-49-36-12-10-11-27-46-36)22-15-30(16-23-43)32-18-20-40(6)34(39(32,4)5)19-21-42(8)35(40)14-13-33-37-31(29(2)3)17-24-44(37,45)26-25-41(33,42)7/h10-12,15,18,27,31,33-35,37H,2,9,13-14,16-17,19-26,28,45H2,1,3-8H3/t31-,33+,34-,35+,37+,40-,41+,42+,43?,44-/m0/s1. The average molecular weight is 669 g/mol. The van der Waals surface area contributed by atoms with E-state index < -0.39 is 5.41 Å². The molecule has 6 aliphatic carbocycles. The molecule has 1 heterocycles. The highest BCUT2D eigenvalue weighted by atomic mass is 16.5. The van der Waals surface area contributed by atoms with Crippen molar-refractivity contribution in [2.75, 3.05) is 13.2 Å².